The molecule has 4 aromatic heterocycles. The van der Waals surface area contributed by atoms with Gasteiger partial charge in [-0.1, -0.05) is 89.5 Å². The van der Waals surface area contributed by atoms with Crippen molar-refractivity contribution in [3.8, 4) is 33.4 Å². The van der Waals surface area contributed by atoms with Crippen molar-refractivity contribution in [2.45, 2.75) is 20.8 Å². The van der Waals surface area contributed by atoms with Gasteiger partial charge in [-0.15, -0.1) is 0 Å². The highest BCUT2D eigenvalue weighted by Crippen LogP contribution is 2.46. The molecule has 0 aliphatic carbocycles. The smallest absolute Gasteiger partial charge is 0.295 e. The molecule has 5 heterocycles. The normalized spacial score (nSPS) is 12.3. The molecule has 0 unspecified atom stereocenters. The molecule has 240 valence electrons. The van der Waals surface area contributed by atoms with E-state index in [0.717, 1.165) is 71.1 Å². The third-order valence-corrected chi connectivity index (χ3v) is 11.1. The molecule has 0 amide bonds. The molecular weight excluding hydrogens is 742 g/mol. The van der Waals surface area contributed by atoms with Gasteiger partial charge in [-0.25, -0.2) is 4.98 Å². The van der Waals surface area contributed by atoms with E-state index in [0.29, 0.717) is 32.5 Å². The Morgan fingerprint density at radius 2 is 0.939 bits per heavy atom. The number of benzene rings is 3. The Morgan fingerprint density at radius 1 is 0.531 bits per heavy atom. The number of nitrogens with one attached hydrogen (secondary N) is 3. The van der Waals surface area contributed by atoms with E-state index >= 15 is 0 Å². The summed E-state index contributed by atoms with van der Waals surface area (Å²) in [4.78, 5) is 28.4. The van der Waals surface area contributed by atoms with Crippen molar-refractivity contribution >= 4 is 79.6 Å². The zero-order valence-corrected chi connectivity index (χ0v) is 30.0. The number of halogens is 2. The van der Waals surface area contributed by atoms with Gasteiger partial charge in [0.15, 0.2) is 0 Å². The maximum Gasteiger partial charge on any atom is 0.295 e. The number of aromatic amines is 3. The van der Waals surface area contributed by atoms with Crippen molar-refractivity contribution in [2.24, 2.45) is 0 Å². The SMILES string of the molecule is Cc1ccc(-c2c3nc(c4cc([N+](=O)[O-])c([nH]4)c(-c4ccc(C)cc4)c4ccc([nH]4)c(-c4ccc(C)cc4)c4ccc2[nH]4)C(Br)=C3Br)cc1. The Bertz CT molecular complexity index is 2610. The maximum atomic E-state index is 12.7. The second-order valence-electron chi connectivity index (χ2n) is 12.4. The van der Waals surface area contributed by atoms with E-state index in [1.807, 2.05) is 43.3 Å². The first-order valence-corrected chi connectivity index (χ1v) is 17.4. The molecule has 8 bridgehead atoms. The monoisotopic (exact) mass is 769 g/mol. The molecule has 7 aromatic rings. The highest BCUT2D eigenvalue weighted by atomic mass is 79.9. The van der Waals surface area contributed by atoms with Crippen molar-refractivity contribution in [3.05, 3.63) is 141 Å². The molecule has 49 heavy (non-hydrogen) atoms. The van der Waals surface area contributed by atoms with Gasteiger partial charge in [-0.05, 0) is 93.6 Å². The van der Waals surface area contributed by atoms with Crippen molar-refractivity contribution in [2.75, 3.05) is 0 Å². The molecule has 0 fully saturated rings. The number of hydrogen-bond donors (Lipinski definition) is 3. The zero-order valence-electron chi connectivity index (χ0n) is 26.8. The summed E-state index contributed by atoms with van der Waals surface area (Å²) in [6, 6.07) is 34.6. The molecule has 0 spiro atoms. The van der Waals surface area contributed by atoms with Crippen molar-refractivity contribution in [1.82, 2.24) is 19.9 Å². The number of nitrogens with zero attached hydrogens (tertiary/aromatic N) is 2. The van der Waals surface area contributed by atoms with E-state index in [9.17, 15) is 10.1 Å². The van der Waals surface area contributed by atoms with E-state index in [2.05, 4.69) is 121 Å². The van der Waals surface area contributed by atoms with Crippen LogP contribution in [-0.2, 0) is 0 Å². The van der Waals surface area contributed by atoms with Crippen LogP contribution in [0.5, 0.6) is 0 Å². The Hall–Kier alpha value is -5.25. The molecule has 1 aliphatic rings. The lowest BCUT2D eigenvalue weighted by atomic mass is 10.0. The summed E-state index contributed by atoms with van der Waals surface area (Å²) in [5, 5.41) is 12.7. The molecular formula is C40H29Br2N5O2. The van der Waals surface area contributed by atoms with Gasteiger partial charge in [-0.2, -0.15) is 0 Å². The lowest BCUT2D eigenvalue weighted by molar-refractivity contribution is -0.382. The Labute approximate surface area is 298 Å². The Balaban J connectivity index is 1.63. The summed E-state index contributed by atoms with van der Waals surface area (Å²) in [6.07, 6.45) is 0. The lowest BCUT2D eigenvalue weighted by Gasteiger charge is -2.07. The van der Waals surface area contributed by atoms with Crippen LogP contribution < -0.4 is 0 Å². The van der Waals surface area contributed by atoms with Crippen LogP contribution in [0.25, 0.3) is 75.4 Å². The number of rotatable bonds is 4. The van der Waals surface area contributed by atoms with Gasteiger partial charge in [0.2, 0.25) is 0 Å². The fourth-order valence-corrected chi connectivity index (χ4v) is 7.48. The minimum Gasteiger partial charge on any atom is -0.354 e. The minimum absolute atomic E-state index is 0.0426. The van der Waals surface area contributed by atoms with Crippen LogP contribution in [0.2, 0.25) is 0 Å². The van der Waals surface area contributed by atoms with Gasteiger partial charge in [0, 0.05) is 44.8 Å². The van der Waals surface area contributed by atoms with Gasteiger partial charge >= 0.3 is 0 Å². The molecule has 3 aromatic carbocycles. The first-order chi connectivity index (χ1) is 23.7. The third-order valence-electron chi connectivity index (χ3n) is 9.04. The number of aryl methyl sites for hydroxylation is 3. The van der Waals surface area contributed by atoms with E-state index in [1.165, 1.54) is 0 Å². The van der Waals surface area contributed by atoms with Crippen LogP contribution in [0.15, 0.2) is 103 Å². The standard InChI is InChI=1S/C40H29Br2N5O2/c1-21-4-10-24(11-5-21)33-27-16-18-29(43-27)34(25-12-6-22(2)7-13-25)39-32(47(48)49)20-31(45-39)38-36(41)37(42)40(46-38)35(30-19-17-28(33)44-30)26-14-8-23(3)9-15-26/h4-20,43-45H,1-3H3. The molecule has 3 N–H and O–H groups in total. The lowest BCUT2D eigenvalue weighted by Crippen LogP contribution is -1.88. The topological polar surface area (TPSA) is 103 Å². The van der Waals surface area contributed by atoms with Gasteiger partial charge in [0.25, 0.3) is 5.69 Å². The number of H-pyrrole nitrogens is 3. The number of aromatic nitrogens is 4. The van der Waals surface area contributed by atoms with E-state index in [-0.39, 0.29) is 10.6 Å². The van der Waals surface area contributed by atoms with Gasteiger partial charge in [0.1, 0.15) is 11.2 Å². The summed E-state index contributed by atoms with van der Waals surface area (Å²) in [5.41, 5.74) is 14.3. The first-order valence-electron chi connectivity index (χ1n) is 15.8. The van der Waals surface area contributed by atoms with Crippen molar-refractivity contribution in [3.63, 3.8) is 0 Å². The molecule has 0 atom stereocenters. The summed E-state index contributed by atoms with van der Waals surface area (Å²) >= 11 is 7.62. The van der Waals surface area contributed by atoms with E-state index < -0.39 is 0 Å². The average Bonchev–Trinajstić information content (AvgIpc) is 3.90. The largest absolute Gasteiger partial charge is 0.354 e. The summed E-state index contributed by atoms with van der Waals surface area (Å²) < 4.78 is 1.44. The molecule has 0 radical (unpaired) electrons. The zero-order chi connectivity index (χ0) is 34.0. The number of nitro groups is 1. The predicted molar refractivity (Wildman–Crippen MR) is 208 cm³/mol. The van der Waals surface area contributed by atoms with E-state index in [1.54, 1.807) is 6.07 Å². The van der Waals surface area contributed by atoms with Crippen LogP contribution in [0, 0.1) is 30.9 Å². The summed E-state index contributed by atoms with van der Waals surface area (Å²) in [6.45, 7) is 6.16. The Morgan fingerprint density at radius 3 is 1.43 bits per heavy atom. The minimum atomic E-state index is -0.337. The molecule has 1 aliphatic heterocycles. The fraction of sp³-hybridized carbons (Fsp3) is 0.0750. The summed E-state index contributed by atoms with van der Waals surface area (Å²) in [7, 11) is 0. The van der Waals surface area contributed by atoms with Crippen LogP contribution in [0.3, 0.4) is 0 Å². The predicted octanol–water partition coefficient (Wildman–Crippen LogP) is 12.0. The van der Waals surface area contributed by atoms with E-state index in [4.69, 9.17) is 4.98 Å². The van der Waals surface area contributed by atoms with Gasteiger partial charge in [0.05, 0.1) is 25.1 Å². The third kappa shape index (κ3) is 5.39. The van der Waals surface area contributed by atoms with Crippen molar-refractivity contribution < 1.29 is 4.92 Å². The van der Waals surface area contributed by atoms with Crippen LogP contribution in [0.1, 0.15) is 28.1 Å². The molecule has 0 saturated heterocycles. The molecule has 0 saturated carbocycles. The average molecular weight is 772 g/mol. The quantitative estimate of drug-likeness (QED) is 0.123. The Kier molecular flexibility index (Phi) is 7.61. The second kappa shape index (κ2) is 12.0. The molecule has 9 heteroatoms. The van der Waals surface area contributed by atoms with Gasteiger partial charge < -0.3 is 15.0 Å². The summed E-state index contributed by atoms with van der Waals surface area (Å²) in [5.74, 6) is 0. The first kappa shape index (κ1) is 31.0. The van der Waals surface area contributed by atoms with Crippen LogP contribution in [-0.4, -0.2) is 24.9 Å². The molecule has 8 rings (SSSR count). The highest BCUT2D eigenvalue weighted by molar-refractivity contribution is 9.18. The maximum absolute atomic E-state index is 12.7. The second-order valence-corrected chi connectivity index (χ2v) is 14.0. The van der Waals surface area contributed by atoms with Crippen LogP contribution in [0.4, 0.5) is 5.69 Å². The highest BCUT2D eigenvalue weighted by Gasteiger charge is 2.26. The number of hydrogen-bond acceptors (Lipinski definition) is 3. The fourth-order valence-electron chi connectivity index (χ4n) is 6.51. The van der Waals surface area contributed by atoms with Crippen molar-refractivity contribution in [1.29, 1.82) is 0 Å². The molecule has 7 nitrogen and oxygen atoms in total. The number of fused-ring (bicyclic) bond motifs is 9. The van der Waals surface area contributed by atoms with Gasteiger partial charge in [-0.3, -0.25) is 10.1 Å². The van der Waals surface area contributed by atoms with Crippen LogP contribution >= 0.6 is 31.9 Å².